The number of hydrogen-bond acceptors (Lipinski definition) is 5. The van der Waals surface area contributed by atoms with Gasteiger partial charge >= 0.3 is 0 Å². The van der Waals surface area contributed by atoms with E-state index >= 15 is 0 Å². The zero-order valence-corrected chi connectivity index (χ0v) is 18.1. The number of aromatic nitrogens is 3. The fourth-order valence-electron chi connectivity index (χ4n) is 3.92. The number of fused-ring (bicyclic) bond motifs is 3. The molecule has 3 aromatic rings. The number of amides is 1. The van der Waals surface area contributed by atoms with Gasteiger partial charge in [0.2, 0.25) is 5.96 Å². The Labute approximate surface area is 183 Å². The van der Waals surface area contributed by atoms with Crippen molar-refractivity contribution in [1.82, 2.24) is 19.7 Å². The first-order valence-corrected chi connectivity index (χ1v) is 10.2. The molecule has 2 aliphatic heterocycles. The predicted molar refractivity (Wildman–Crippen MR) is 117 cm³/mol. The van der Waals surface area contributed by atoms with Gasteiger partial charge in [-0.15, -0.1) is 0 Å². The second-order valence-corrected chi connectivity index (χ2v) is 8.74. The molecule has 0 unspecified atom stereocenters. The van der Waals surface area contributed by atoms with Crippen LogP contribution in [0.15, 0.2) is 47.6 Å². The Morgan fingerprint density at radius 1 is 1.16 bits per heavy atom. The molecule has 0 spiro atoms. The van der Waals surface area contributed by atoms with E-state index in [0.717, 1.165) is 11.1 Å². The largest absolute Gasteiger partial charge is 0.292 e. The topological polar surface area (TPSA) is 66.6 Å². The predicted octanol–water partition coefficient (Wildman–Crippen LogP) is 3.83. The van der Waals surface area contributed by atoms with Crippen LogP contribution in [0.1, 0.15) is 29.8 Å². The molecule has 0 radical (unpaired) electrons. The van der Waals surface area contributed by atoms with Gasteiger partial charge in [0.05, 0.1) is 30.5 Å². The number of aliphatic imine (C=N–C) groups is 1. The molecule has 7 nitrogen and oxygen atoms in total. The summed E-state index contributed by atoms with van der Waals surface area (Å²) in [6.45, 7) is 5.07. The highest BCUT2D eigenvalue weighted by Crippen LogP contribution is 2.37. The third-order valence-corrected chi connectivity index (χ3v) is 5.83. The number of guanidine groups is 1. The molecule has 9 heteroatoms. The summed E-state index contributed by atoms with van der Waals surface area (Å²) in [5.41, 5.74) is 2.62. The first-order valence-electron chi connectivity index (χ1n) is 9.86. The summed E-state index contributed by atoms with van der Waals surface area (Å²) >= 11 is 6.60. The highest BCUT2D eigenvalue weighted by atomic mass is 35.5. The van der Waals surface area contributed by atoms with Crippen LogP contribution in [0.5, 0.6) is 0 Å². The minimum Gasteiger partial charge on any atom is -0.292 e. The van der Waals surface area contributed by atoms with Crippen molar-refractivity contribution >= 4 is 29.3 Å². The molecule has 2 aromatic heterocycles. The van der Waals surface area contributed by atoms with E-state index in [9.17, 15) is 9.18 Å². The highest BCUT2D eigenvalue weighted by molar-refractivity contribution is 6.35. The van der Waals surface area contributed by atoms with Gasteiger partial charge < -0.3 is 0 Å². The molecule has 2 aliphatic rings. The maximum atomic E-state index is 13.1. The van der Waals surface area contributed by atoms with Gasteiger partial charge in [0, 0.05) is 12.6 Å². The van der Waals surface area contributed by atoms with Gasteiger partial charge in [-0.2, -0.15) is 5.10 Å². The summed E-state index contributed by atoms with van der Waals surface area (Å²) in [5.74, 6) is 0.564. The molecule has 0 fully saturated rings. The molecular weight excluding hydrogens is 419 g/mol. The van der Waals surface area contributed by atoms with Gasteiger partial charge in [-0.25, -0.2) is 14.1 Å². The molecule has 0 saturated heterocycles. The molecule has 0 saturated carbocycles. The van der Waals surface area contributed by atoms with Crippen molar-refractivity contribution in [2.45, 2.75) is 25.9 Å². The smallest absolute Gasteiger partial charge is 0.267 e. The average Bonchev–Trinajstić information content (AvgIpc) is 3.24. The second-order valence-electron chi connectivity index (χ2n) is 8.38. The van der Waals surface area contributed by atoms with Gasteiger partial charge in [-0.1, -0.05) is 35.9 Å². The Hall–Kier alpha value is -3.26. The molecule has 4 heterocycles. The van der Waals surface area contributed by atoms with Crippen LogP contribution in [0, 0.1) is 5.82 Å². The molecule has 31 heavy (non-hydrogen) atoms. The van der Waals surface area contributed by atoms with Crippen molar-refractivity contribution in [3.05, 3.63) is 64.7 Å². The Bertz CT molecular complexity index is 1220. The number of nitrogens with zero attached hydrogens (tertiary/aromatic N) is 6. The number of pyridine rings is 1. The van der Waals surface area contributed by atoms with Crippen molar-refractivity contribution < 1.29 is 9.18 Å². The minimum absolute atomic E-state index is 0.211. The molecule has 158 valence electrons. The van der Waals surface area contributed by atoms with E-state index in [4.69, 9.17) is 11.6 Å². The number of carbonyl (C=O) groups is 1. The van der Waals surface area contributed by atoms with Gasteiger partial charge in [0.25, 0.3) is 5.91 Å². The van der Waals surface area contributed by atoms with E-state index in [-0.39, 0.29) is 17.3 Å². The van der Waals surface area contributed by atoms with Crippen LogP contribution in [-0.4, -0.2) is 50.7 Å². The molecule has 0 atom stereocenters. The Morgan fingerprint density at radius 2 is 1.90 bits per heavy atom. The molecule has 1 amide bonds. The number of hydrogen-bond donors (Lipinski definition) is 0. The van der Waals surface area contributed by atoms with Crippen molar-refractivity contribution in [1.29, 1.82) is 0 Å². The summed E-state index contributed by atoms with van der Waals surface area (Å²) in [7, 11) is 1.70. The van der Waals surface area contributed by atoms with Crippen LogP contribution in [-0.2, 0) is 6.54 Å². The van der Waals surface area contributed by atoms with Gasteiger partial charge in [-0.3, -0.25) is 19.6 Å². The number of halogens is 2. The summed E-state index contributed by atoms with van der Waals surface area (Å²) < 4.78 is 14.7. The normalized spacial score (nSPS) is 16.9. The Kier molecular flexibility index (Phi) is 4.37. The van der Waals surface area contributed by atoms with E-state index < -0.39 is 0 Å². The molecule has 5 rings (SSSR count). The number of benzene rings is 1. The fraction of sp³-hybridized carbons (Fsp3) is 0.273. The fourth-order valence-corrected chi connectivity index (χ4v) is 4.18. The van der Waals surface area contributed by atoms with Crippen molar-refractivity contribution in [3.63, 3.8) is 0 Å². The lowest BCUT2D eigenvalue weighted by Gasteiger charge is -2.30. The van der Waals surface area contributed by atoms with Gasteiger partial charge in [0.15, 0.2) is 5.82 Å². The van der Waals surface area contributed by atoms with Crippen molar-refractivity contribution in [3.8, 4) is 11.3 Å². The molecule has 1 aromatic carbocycles. The number of carbonyl (C=O) groups excluding carboxylic acids is 1. The Morgan fingerprint density at radius 3 is 2.58 bits per heavy atom. The summed E-state index contributed by atoms with van der Waals surface area (Å²) in [4.78, 5) is 25.2. The van der Waals surface area contributed by atoms with Crippen LogP contribution in [0.4, 0.5) is 10.2 Å². The van der Waals surface area contributed by atoms with E-state index in [1.807, 2.05) is 43.0 Å². The first-order chi connectivity index (χ1) is 14.7. The van der Waals surface area contributed by atoms with Crippen molar-refractivity contribution in [2.75, 3.05) is 18.5 Å². The SMILES string of the molecule is CN1C(=O)c2c(nn(Cc3ccc(-c4ccc(F)cn4)cc3)c2Cl)N2CC(C)(C)N=C12. The number of rotatable bonds is 3. The van der Waals surface area contributed by atoms with E-state index in [1.165, 1.54) is 17.2 Å². The standard InChI is InChI=1S/C22H20ClFN6O/c1-22(2)12-29-19-17(20(31)28(3)21(29)26-22)18(23)30(27-19)11-13-4-6-14(7-5-13)16-9-8-15(24)10-25-16/h4-10H,11-12H2,1-3H3. The zero-order chi connectivity index (χ0) is 21.9. The summed E-state index contributed by atoms with van der Waals surface area (Å²) in [6.07, 6.45) is 1.20. The minimum atomic E-state index is -0.368. The molecule has 0 N–H and O–H groups in total. The Balaban J connectivity index is 1.45. The van der Waals surface area contributed by atoms with Crippen LogP contribution < -0.4 is 4.90 Å². The molecular formula is C22H20ClFN6O. The van der Waals surface area contributed by atoms with E-state index in [1.54, 1.807) is 17.8 Å². The summed E-state index contributed by atoms with van der Waals surface area (Å²) in [5, 5.41) is 4.96. The highest BCUT2D eigenvalue weighted by Gasteiger charge is 2.44. The first kappa shape index (κ1) is 19.7. The monoisotopic (exact) mass is 438 g/mol. The van der Waals surface area contributed by atoms with Crippen LogP contribution in [0.3, 0.4) is 0 Å². The second kappa shape index (κ2) is 6.88. The lowest BCUT2D eigenvalue weighted by atomic mass is 10.1. The lowest BCUT2D eigenvalue weighted by Crippen LogP contribution is -2.48. The average molecular weight is 439 g/mol. The summed E-state index contributed by atoms with van der Waals surface area (Å²) in [6, 6.07) is 10.7. The van der Waals surface area contributed by atoms with Gasteiger partial charge in [0.1, 0.15) is 16.5 Å². The van der Waals surface area contributed by atoms with Crippen molar-refractivity contribution in [2.24, 2.45) is 4.99 Å². The third-order valence-electron chi connectivity index (χ3n) is 5.44. The van der Waals surface area contributed by atoms with E-state index in [0.29, 0.717) is 41.3 Å². The zero-order valence-electron chi connectivity index (χ0n) is 17.3. The maximum Gasteiger partial charge on any atom is 0.267 e. The maximum absolute atomic E-state index is 13.1. The van der Waals surface area contributed by atoms with E-state index in [2.05, 4.69) is 15.1 Å². The number of anilines is 1. The lowest BCUT2D eigenvalue weighted by molar-refractivity contribution is 0.0865. The molecule has 0 aliphatic carbocycles. The molecule has 0 bridgehead atoms. The van der Waals surface area contributed by atoms with Gasteiger partial charge in [-0.05, 0) is 31.5 Å². The van der Waals surface area contributed by atoms with Crippen LogP contribution in [0.25, 0.3) is 11.3 Å². The van der Waals surface area contributed by atoms with Crippen LogP contribution in [0.2, 0.25) is 5.15 Å². The van der Waals surface area contributed by atoms with Crippen LogP contribution >= 0.6 is 11.6 Å². The third kappa shape index (κ3) is 3.27. The quantitative estimate of drug-likeness (QED) is 0.623.